The highest BCUT2D eigenvalue weighted by Gasteiger charge is 2.52. The van der Waals surface area contributed by atoms with Crippen molar-refractivity contribution in [1.82, 2.24) is 5.32 Å². The van der Waals surface area contributed by atoms with Crippen molar-refractivity contribution >= 4 is 29.8 Å². The van der Waals surface area contributed by atoms with Gasteiger partial charge in [-0.1, -0.05) is 27.7 Å². The molecule has 0 aliphatic carbocycles. The number of nitrogens with one attached hydrogen (secondary N) is 1. The maximum atomic E-state index is 12.5. The van der Waals surface area contributed by atoms with E-state index in [9.17, 15) is 24.0 Å². The molecule has 0 bridgehead atoms. The van der Waals surface area contributed by atoms with E-state index in [0.717, 1.165) is 0 Å². The first-order valence-corrected chi connectivity index (χ1v) is 12.3. The van der Waals surface area contributed by atoms with Crippen LogP contribution in [-0.4, -0.2) is 67.0 Å². The molecule has 0 aromatic heterocycles. The number of amides is 1. The fourth-order valence-electron chi connectivity index (χ4n) is 3.48. The molecular weight excluding hydrogens is 462 g/mol. The van der Waals surface area contributed by atoms with Crippen LogP contribution in [0.25, 0.3) is 0 Å². The van der Waals surface area contributed by atoms with Crippen LogP contribution >= 0.6 is 0 Å². The zero-order valence-electron chi connectivity index (χ0n) is 21.3. The van der Waals surface area contributed by atoms with E-state index in [2.05, 4.69) is 5.32 Å². The monoisotopic (exact) mass is 501 g/mol. The lowest BCUT2D eigenvalue weighted by Crippen LogP contribution is -2.67. The van der Waals surface area contributed by atoms with Crippen molar-refractivity contribution in [2.24, 2.45) is 0 Å². The molecule has 5 atom stereocenters. The van der Waals surface area contributed by atoms with Gasteiger partial charge in [0.25, 0.3) is 0 Å². The van der Waals surface area contributed by atoms with Gasteiger partial charge in [0.15, 0.2) is 12.2 Å². The summed E-state index contributed by atoms with van der Waals surface area (Å²) in [5, 5.41) is 2.60. The van der Waals surface area contributed by atoms with Gasteiger partial charge in [-0.15, -0.1) is 0 Å². The molecule has 200 valence electrons. The summed E-state index contributed by atoms with van der Waals surface area (Å²) < 4.78 is 27.9. The fraction of sp³-hybridized carbons (Fsp3) is 0.792. The quantitative estimate of drug-likeness (QED) is 0.278. The summed E-state index contributed by atoms with van der Waals surface area (Å²) in [6.45, 7) is 8.11. The third-order valence-electron chi connectivity index (χ3n) is 5.02. The normalized spacial score (nSPS) is 23.6. The molecule has 1 rings (SSSR count). The van der Waals surface area contributed by atoms with Gasteiger partial charge in [0.05, 0.1) is 0 Å². The van der Waals surface area contributed by atoms with Crippen molar-refractivity contribution in [2.45, 2.75) is 117 Å². The minimum atomic E-state index is -1.37. The standard InChI is InChI=1S/C24H39NO10/c1-6-10-17(27)31-14-16-22(33-18(28)11-7-2)23(34-19(29)12-8-3)21(25-15(5)26)24(32-16)35-20(30)13-9-4/h16,21-24H,6-14H2,1-5H3,(H,25,26)/t16-,21+,22-,23-,24?/m1/s1. The minimum Gasteiger partial charge on any atom is -0.463 e. The number of ether oxygens (including phenoxy) is 5. The molecule has 0 aromatic carbocycles. The Labute approximate surface area is 206 Å². The molecule has 1 saturated heterocycles. The summed E-state index contributed by atoms with van der Waals surface area (Å²) in [4.78, 5) is 61.2. The summed E-state index contributed by atoms with van der Waals surface area (Å²) in [6.07, 6.45) is -2.42. The van der Waals surface area contributed by atoms with Crippen molar-refractivity contribution in [3.05, 3.63) is 0 Å². The Bertz CT molecular complexity index is 725. The molecule has 0 saturated carbocycles. The van der Waals surface area contributed by atoms with Crippen LogP contribution in [0.2, 0.25) is 0 Å². The summed E-state index contributed by atoms with van der Waals surface area (Å²) >= 11 is 0. The Hall–Kier alpha value is -2.69. The first-order chi connectivity index (χ1) is 16.7. The van der Waals surface area contributed by atoms with Crippen molar-refractivity contribution in [1.29, 1.82) is 0 Å². The van der Waals surface area contributed by atoms with E-state index in [4.69, 9.17) is 23.7 Å². The van der Waals surface area contributed by atoms with Gasteiger partial charge in [0.2, 0.25) is 12.2 Å². The van der Waals surface area contributed by atoms with Crippen LogP contribution in [0, 0.1) is 0 Å². The molecule has 35 heavy (non-hydrogen) atoms. The molecule has 0 spiro atoms. The topological polar surface area (TPSA) is 144 Å². The van der Waals surface area contributed by atoms with Crippen LogP contribution in [0.3, 0.4) is 0 Å². The fourth-order valence-corrected chi connectivity index (χ4v) is 3.48. The summed E-state index contributed by atoms with van der Waals surface area (Å²) in [5.74, 6) is -2.75. The van der Waals surface area contributed by atoms with Crippen LogP contribution in [0.4, 0.5) is 0 Å². The smallest absolute Gasteiger partial charge is 0.308 e. The number of carbonyl (C=O) groups is 5. The third kappa shape index (κ3) is 10.6. The van der Waals surface area contributed by atoms with Crippen molar-refractivity contribution in [3.8, 4) is 0 Å². The predicted molar refractivity (Wildman–Crippen MR) is 123 cm³/mol. The van der Waals surface area contributed by atoms with E-state index in [0.29, 0.717) is 25.7 Å². The Morgan fingerprint density at radius 1 is 0.686 bits per heavy atom. The van der Waals surface area contributed by atoms with E-state index in [1.807, 2.05) is 6.92 Å². The van der Waals surface area contributed by atoms with E-state index < -0.39 is 60.4 Å². The van der Waals surface area contributed by atoms with Gasteiger partial charge in [-0.2, -0.15) is 0 Å². The van der Waals surface area contributed by atoms with Crippen molar-refractivity contribution in [2.75, 3.05) is 6.61 Å². The zero-order valence-corrected chi connectivity index (χ0v) is 21.3. The number of hydrogen-bond donors (Lipinski definition) is 1. The Kier molecular flexibility index (Phi) is 13.9. The molecule has 1 N–H and O–H groups in total. The van der Waals surface area contributed by atoms with Crippen LogP contribution in [0.15, 0.2) is 0 Å². The van der Waals surface area contributed by atoms with Crippen molar-refractivity contribution < 1.29 is 47.7 Å². The summed E-state index contributed by atoms with van der Waals surface area (Å²) in [6, 6.07) is -1.16. The van der Waals surface area contributed by atoms with Gasteiger partial charge >= 0.3 is 23.9 Å². The third-order valence-corrected chi connectivity index (χ3v) is 5.02. The highest BCUT2D eigenvalue weighted by atomic mass is 16.7. The Morgan fingerprint density at radius 2 is 1.14 bits per heavy atom. The molecule has 11 nitrogen and oxygen atoms in total. The van der Waals surface area contributed by atoms with Crippen LogP contribution in [0.1, 0.15) is 86.0 Å². The maximum Gasteiger partial charge on any atom is 0.308 e. The van der Waals surface area contributed by atoms with Crippen LogP contribution in [-0.2, 0) is 47.7 Å². The predicted octanol–water partition coefficient (Wildman–Crippen LogP) is 2.33. The molecule has 1 aliphatic rings. The van der Waals surface area contributed by atoms with Gasteiger partial charge in [-0.3, -0.25) is 24.0 Å². The highest BCUT2D eigenvalue weighted by molar-refractivity contribution is 5.74. The van der Waals surface area contributed by atoms with Gasteiger partial charge in [-0.25, -0.2) is 0 Å². The maximum absolute atomic E-state index is 12.5. The molecule has 1 unspecified atom stereocenters. The summed E-state index contributed by atoms with van der Waals surface area (Å²) in [5.41, 5.74) is 0. The van der Waals surface area contributed by atoms with E-state index in [-0.39, 0.29) is 32.3 Å². The lowest BCUT2D eigenvalue weighted by atomic mass is 9.95. The second-order valence-corrected chi connectivity index (χ2v) is 8.35. The molecule has 1 heterocycles. The van der Waals surface area contributed by atoms with E-state index in [1.54, 1.807) is 20.8 Å². The molecule has 1 aliphatic heterocycles. The first-order valence-electron chi connectivity index (χ1n) is 12.3. The van der Waals surface area contributed by atoms with Crippen LogP contribution in [0.5, 0.6) is 0 Å². The average molecular weight is 502 g/mol. The first kappa shape index (κ1) is 30.3. The second-order valence-electron chi connectivity index (χ2n) is 8.35. The van der Waals surface area contributed by atoms with Gasteiger partial charge in [0.1, 0.15) is 18.8 Å². The Morgan fingerprint density at radius 3 is 1.63 bits per heavy atom. The van der Waals surface area contributed by atoms with Gasteiger partial charge in [-0.05, 0) is 25.7 Å². The molecule has 1 fully saturated rings. The number of esters is 4. The zero-order chi connectivity index (χ0) is 26.4. The van der Waals surface area contributed by atoms with Gasteiger partial charge < -0.3 is 29.0 Å². The lowest BCUT2D eigenvalue weighted by Gasteiger charge is -2.44. The van der Waals surface area contributed by atoms with Gasteiger partial charge in [0, 0.05) is 32.6 Å². The van der Waals surface area contributed by atoms with Crippen LogP contribution < -0.4 is 5.32 Å². The number of hydrogen-bond acceptors (Lipinski definition) is 10. The van der Waals surface area contributed by atoms with E-state index >= 15 is 0 Å². The Balaban J connectivity index is 3.39. The number of rotatable bonds is 14. The number of carbonyl (C=O) groups excluding carboxylic acids is 5. The minimum absolute atomic E-state index is 0.0796. The van der Waals surface area contributed by atoms with Crippen molar-refractivity contribution in [3.63, 3.8) is 0 Å². The summed E-state index contributed by atoms with van der Waals surface area (Å²) in [7, 11) is 0. The molecular formula is C24H39NO10. The van der Waals surface area contributed by atoms with E-state index in [1.165, 1.54) is 6.92 Å². The highest BCUT2D eigenvalue weighted by Crippen LogP contribution is 2.29. The lowest BCUT2D eigenvalue weighted by molar-refractivity contribution is -0.272. The second kappa shape index (κ2) is 16.1. The molecule has 11 heteroatoms. The molecule has 0 aromatic rings. The molecule has 1 amide bonds. The molecule has 0 radical (unpaired) electrons. The SMILES string of the molecule is CCCC(=O)OC[C@H]1OC(OC(=O)CCC)[C@@H](NC(C)=O)[C@@H](OC(=O)CCC)[C@@H]1OC(=O)CCC. The average Bonchev–Trinajstić information content (AvgIpc) is 2.77. The largest absolute Gasteiger partial charge is 0.463 e.